The van der Waals surface area contributed by atoms with E-state index in [1.165, 1.54) is 47.0 Å². The third kappa shape index (κ3) is 11.0. The van der Waals surface area contributed by atoms with Gasteiger partial charge in [-0.1, -0.05) is 90.8 Å². The van der Waals surface area contributed by atoms with Crippen LogP contribution in [0.15, 0.2) is 65.7 Å². The van der Waals surface area contributed by atoms with Crippen LogP contribution in [0.3, 0.4) is 0 Å². The van der Waals surface area contributed by atoms with E-state index in [4.69, 9.17) is 0 Å². The van der Waals surface area contributed by atoms with E-state index < -0.39 is 0 Å². The number of allylic oxidation sites excluding steroid dienone is 1. The van der Waals surface area contributed by atoms with E-state index >= 15 is 0 Å². The standard InChI is InChI=1S/C11H15Br.C7H8.C4H6O/c1-3-5-9-6-7-11(12)10(4-2)8-9;1-7-5-3-2-4-6-7;1-3-4(2)5/h6-8H,3-5H2,1-2H3;2-6H,1H3;3H,1H2,2H3. The predicted octanol–water partition coefficient (Wildman–Crippen LogP) is 6.72. The Morgan fingerprint density at radius 3 is 2.08 bits per heavy atom. The molecule has 0 aliphatic carbocycles. The molecule has 0 aromatic heterocycles. The molecule has 2 heteroatoms. The zero-order valence-corrected chi connectivity index (χ0v) is 16.9. The van der Waals surface area contributed by atoms with E-state index in [1.807, 2.05) is 18.2 Å². The molecular weight excluding hydrogens is 360 g/mol. The van der Waals surface area contributed by atoms with Crippen molar-refractivity contribution in [3.8, 4) is 0 Å². The summed E-state index contributed by atoms with van der Waals surface area (Å²) >= 11 is 3.54. The Hall–Kier alpha value is -1.67. The van der Waals surface area contributed by atoms with Crippen molar-refractivity contribution in [2.24, 2.45) is 0 Å². The summed E-state index contributed by atoms with van der Waals surface area (Å²) in [5.74, 6) is 0.0185. The molecule has 0 atom stereocenters. The smallest absolute Gasteiger partial charge is 0.152 e. The molecule has 130 valence electrons. The third-order valence-electron chi connectivity index (χ3n) is 3.26. The van der Waals surface area contributed by atoms with Gasteiger partial charge in [-0.2, -0.15) is 0 Å². The number of rotatable bonds is 4. The molecule has 0 unspecified atom stereocenters. The normalized spacial score (nSPS) is 9.04. The van der Waals surface area contributed by atoms with Crippen molar-refractivity contribution in [1.82, 2.24) is 0 Å². The lowest BCUT2D eigenvalue weighted by atomic mass is 10.1. The van der Waals surface area contributed by atoms with E-state index in [0.717, 1.165) is 6.42 Å². The van der Waals surface area contributed by atoms with Crippen LogP contribution in [0.4, 0.5) is 0 Å². The highest BCUT2D eigenvalue weighted by Gasteiger charge is 1.98. The van der Waals surface area contributed by atoms with Gasteiger partial charge in [-0.15, -0.1) is 0 Å². The monoisotopic (exact) mass is 388 g/mol. The van der Waals surface area contributed by atoms with Crippen molar-refractivity contribution >= 4 is 21.7 Å². The van der Waals surface area contributed by atoms with E-state index in [2.05, 4.69) is 73.6 Å². The fourth-order valence-corrected chi connectivity index (χ4v) is 2.40. The van der Waals surface area contributed by atoms with Gasteiger partial charge in [0, 0.05) is 4.47 Å². The van der Waals surface area contributed by atoms with Crippen LogP contribution in [0.2, 0.25) is 0 Å². The number of aryl methyl sites for hydroxylation is 3. The summed E-state index contributed by atoms with van der Waals surface area (Å²) in [6.45, 7) is 11.2. The summed E-state index contributed by atoms with van der Waals surface area (Å²) in [5.41, 5.74) is 4.20. The van der Waals surface area contributed by atoms with Gasteiger partial charge in [-0.3, -0.25) is 4.79 Å². The fraction of sp³-hybridized carbons (Fsp3) is 0.318. The lowest BCUT2D eigenvalue weighted by Gasteiger charge is -2.04. The second-order valence-corrected chi connectivity index (χ2v) is 6.35. The van der Waals surface area contributed by atoms with Crippen LogP contribution < -0.4 is 0 Å². The number of carbonyl (C=O) groups is 1. The van der Waals surface area contributed by atoms with Gasteiger partial charge in [0.25, 0.3) is 0 Å². The van der Waals surface area contributed by atoms with Crippen molar-refractivity contribution in [3.63, 3.8) is 0 Å². The van der Waals surface area contributed by atoms with Crippen LogP contribution in [0.5, 0.6) is 0 Å². The molecule has 0 spiro atoms. The van der Waals surface area contributed by atoms with Gasteiger partial charge >= 0.3 is 0 Å². The SMILES string of the molecule is C=CC(C)=O.CCCc1ccc(Br)c(CC)c1.Cc1ccccc1. The molecule has 0 aliphatic heterocycles. The molecule has 2 aromatic rings. The highest BCUT2D eigenvalue weighted by Crippen LogP contribution is 2.19. The van der Waals surface area contributed by atoms with E-state index in [0.29, 0.717) is 0 Å². The molecule has 0 saturated heterocycles. The van der Waals surface area contributed by atoms with Gasteiger partial charge in [0.1, 0.15) is 0 Å². The molecule has 0 aliphatic rings. The van der Waals surface area contributed by atoms with Crippen molar-refractivity contribution in [3.05, 3.63) is 82.3 Å². The topological polar surface area (TPSA) is 17.1 Å². The minimum absolute atomic E-state index is 0.0185. The second kappa shape index (κ2) is 13.7. The van der Waals surface area contributed by atoms with Crippen LogP contribution in [-0.2, 0) is 17.6 Å². The largest absolute Gasteiger partial charge is 0.295 e. The summed E-state index contributed by atoms with van der Waals surface area (Å²) in [6.07, 6.45) is 4.81. The van der Waals surface area contributed by atoms with Crippen molar-refractivity contribution in [2.75, 3.05) is 0 Å². The Balaban J connectivity index is 0.000000373. The first-order valence-corrected chi connectivity index (χ1v) is 9.15. The Kier molecular flexibility index (Phi) is 12.8. The minimum atomic E-state index is 0.0185. The van der Waals surface area contributed by atoms with Gasteiger partial charge in [0.15, 0.2) is 5.78 Å². The molecule has 0 heterocycles. The first kappa shape index (κ1) is 22.3. The first-order valence-electron chi connectivity index (χ1n) is 8.36. The maximum Gasteiger partial charge on any atom is 0.152 e. The predicted molar refractivity (Wildman–Crippen MR) is 110 cm³/mol. The molecule has 0 N–H and O–H groups in total. The lowest BCUT2D eigenvalue weighted by Crippen LogP contribution is -1.88. The van der Waals surface area contributed by atoms with Gasteiger partial charge < -0.3 is 0 Å². The Labute approximate surface area is 155 Å². The van der Waals surface area contributed by atoms with Gasteiger partial charge in [-0.25, -0.2) is 0 Å². The zero-order valence-electron chi connectivity index (χ0n) is 15.3. The van der Waals surface area contributed by atoms with Gasteiger partial charge in [0.2, 0.25) is 0 Å². The fourth-order valence-electron chi connectivity index (χ4n) is 1.88. The zero-order chi connectivity index (χ0) is 18.4. The summed E-state index contributed by atoms with van der Waals surface area (Å²) in [5, 5.41) is 0. The third-order valence-corrected chi connectivity index (χ3v) is 4.03. The number of hydrogen-bond acceptors (Lipinski definition) is 1. The second-order valence-electron chi connectivity index (χ2n) is 5.50. The maximum atomic E-state index is 9.69. The number of hydrogen-bond donors (Lipinski definition) is 0. The summed E-state index contributed by atoms with van der Waals surface area (Å²) in [4.78, 5) is 9.69. The molecule has 0 amide bonds. The van der Waals surface area contributed by atoms with Crippen LogP contribution in [0.1, 0.15) is 43.9 Å². The lowest BCUT2D eigenvalue weighted by molar-refractivity contribution is -0.112. The van der Waals surface area contributed by atoms with Crippen molar-refractivity contribution in [2.45, 2.75) is 47.0 Å². The highest BCUT2D eigenvalue weighted by molar-refractivity contribution is 9.10. The summed E-state index contributed by atoms with van der Waals surface area (Å²) in [7, 11) is 0. The molecule has 24 heavy (non-hydrogen) atoms. The summed E-state index contributed by atoms with van der Waals surface area (Å²) in [6, 6.07) is 16.9. The van der Waals surface area contributed by atoms with E-state index in [1.54, 1.807) is 0 Å². The van der Waals surface area contributed by atoms with E-state index in [-0.39, 0.29) is 5.78 Å². The number of benzene rings is 2. The molecule has 0 radical (unpaired) electrons. The molecule has 0 bridgehead atoms. The number of ketones is 1. The quantitative estimate of drug-likeness (QED) is 0.531. The molecule has 0 fully saturated rings. The summed E-state index contributed by atoms with van der Waals surface area (Å²) < 4.78 is 1.24. The Morgan fingerprint density at radius 2 is 1.71 bits per heavy atom. The highest BCUT2D eigenvalue weighted by atomic mass is 79.9. The van der Waals surface area contributed by atoms with Crippen molar-refractivity contribution < 1.29 is 4.79 Å². The molecule has 2 rings (SSSR count). The van der Waals surface area contributed by atoms with E-state index in [9.17, 15) is 4.79 Å². The van der Waals surface area contributed by atoms with Gasteiger partial charge in [-0.05, 0) is 50.0 Å². The number of halogens is 1. The molecular formula is C22H29BrO. The maximum absolute atomic E-state index is 9.69. The molecule has 0 saturated carbocycles. The van der Waals surface area contributed by atoms with Crippen LogP contribution >= 0.6 is 15.9 Å². The average molecular weight is 389 g/mol. The Morgan fingerprint density at radius 1 is 1.12 bits per heavy atom. The first-order chi connectivity index (χ1) is 11.4. The number of carbonyl (C=O) groups excluding carboxylic acids is 1. The van der Waals surface area contributed by atoms with Crippen LogP contribution in [0.25, 0.3) is 0 Å². The average Bonchev–Trinajstić information content (AvgIpc) is 2.58. The molecule has 1 nitrogen and oxygen atoms in total. The minimum Gasteiger partial charge on any atom is -0.295 e. The molecule has 2 aromatic carbocycles. The van der Waals surface area contributed by atoms with Crippen molar-refractivity contribution in [1.29, 1.82) is 0 Å². The van der Waals surface area contributed by atoms with Crippen LogP contribution in [0, 0.1) is 6.92 Å². The Bertz CT molecular complexity index is 603. The van der Waals surface area contributed by atoms with Crippen LogP contribution in [-0.4, -0.2) is 5.78 Å². The van der Waals surface area contributed by atoms with Gasteiger partial charge in [0.05, 0.1) is 0 Å².